The van der Waals surface area contributed by atoms with Gasteiger partial charge in [0.15, 0.2) is 0 Å². The van der Waals surface area contributed by atoms with E-state index in [9.17, 15) is 14.4 Å². The summed E-state index contributed by atoms with van der Waals surface area (Å²) in [7, 11) is 0. The fraction of sp³-hybridized carbons (Fsp3) is 0.308. The third-order valence-corrected chi connectivity index (χ3v) is 3.54. The first-order valence-electron chi connectivity index (χ1n) is 5.84. The molecule has 0 aliphatic carbocycles. The van der Waals surface area contributed by atoms with Gasteiger partial charge in [0, 0.05) is 20.0 Å². The number of hydrogen-bond acceptors (Lipinski definition) is 3. The lowest BCUT2D eigenvalue weighted by Gasteiger charge is -2.29. The topological polar surface area (TPSA) is 66.5 Å². The van der Waals surface area contributed by atoms with Gasteiger partial charge in [0.05, 0.1) is 11.3 Å². The minimum absolute atomic E-state index is 0.00824. The molecular weight excluding hydrogens is 232 g/mol. The largest absolute Gasteiger partial charge is 0.338 e. The van der Waals surface area contributed by atoms with Gasteiger partial charge < -0.3 is 10.2 Å². The average molecular weight is 244 g/mol. The predicted octanol–water partition coefficient (Wildman–Crippen LogP) is 0.726. The molecule has 3 rings (SSSR count). The van der Waals surface area contributed by atoms with Gasteiger partial charge in [-0.05, 0) is 23.6 Å². The Bertz CT molecular complexity index is 592. The molecule has 1 aromatic carbocycles. The summed E-state index contributed by atoms with van der Waals surface area (Å²) >= 11 is 0. The van der Waals surface area contributed by atoms with Gasteiger partial charge in [-0.25, -0.2) is 0 Å². The maximum atomic E-state index is 11.6. The van der Waals surface area contributed by atoms with Gasteiger partial charge >= 0.3 is 0 Å². The first-order chi connectivity index (χ1) is 8.58. The average Bonchev–Trinajstić information content (AvgIpc) is 2.65. The van der Waals surface area contributed by atoms with Crippen molar-refractivity contribution in [1.29, 1.82) is 0 Å². The second kappa shape index (κ2) is 3.66. The van der Waals surface area contributed by atoms with Crippen molar-refractivity contribution in [3.63, 3.8) is 0 Å². The van der Waals surface area contributed by atoms with Crippen LogP contribution in [0.5, 0.6) is 0 Å². The van der Waals surface area contributed by atoms with Crippen LogP contribution in [0.2, 0.25) is 0 Å². The van der Waals surface area contributed by atoms with Crippen LogP contribution in [-0.2, 0) is 22.6 Å². The molecule has 5 nitrogen and oxygen atoms in total. The molecule has 0 spiro atoms. The fourth-order valence-electron chi connectivity index (χ4n) is 2.52. The lowest BCUT2D eigenvalue weighted by molar-refractivity contribution is -0.129. The quantitative estimate of drug-likeness (QED) is 0.684. The van der Waals surface area contributed by atoms with Crippen LogP contribution in [-0.4, -0.2) is 29.0 Å². The molecule has 2 heterocycles. The van der Waals surface area contributed by atoms with Crippen molar-refractivity contribution in [1.82, 2.24) is 4.90 Å². The molecule has 0 bridgehead atoms. The van der Waals surface area contributed by atoms with Crippen molar-refractivity contribution in [2.75, 3.05) is 11.9 Å². The van der Waals surface area contributed by atoms with E-state index in [1.165, 1.54) is 6.92 Å². The van der Waals surface area contributed by atoms with Crippen LogP contribution in [0.25, 0.3) is 0 Å². The smallest absolute Gasteiger partial charge is 0.296 e. The summed E-state index contributed by atoms with van der Waals surface area (Å²) in [6.07, 6.45) is 0.756. The van der Waals surface area contributed by atoms with Crippen LogP contribution in [0.3, 0.4) is 0 Å². The number of carbonyl (C=O) groups is 3. The van der Waals surface area contributed by atoms with E-state index in [2.05, 4.69) is 5.32 Å². The Morgan fingerprint density at radius 3 is 2.83 bits per heavy atom. The van der Waals surface area contributed by atoms with Crippen molar-refractivity contribution in [3.05, 3.63) is 28.8 Å². The summed E-state index contributed by atoms with van der Waals surface area (Å²) in [6, 6.07) is 3.57. The lowest BCUT2D eigenvalue weighted by atomic mass is 9.95. The molecule has 2 aliphatic rings. The number of carbonyl (C=O) groups excluding carboxylic acids is 3. The van der Waals surface area contributed by atoms with E-state index in [-0.39, 0.29) is 5.91 Å². The second-order valence-electron chi connectivity index (χ2n) is 4.60. The molecule has 0 unspecified atom stereocenters. The molecule has 0 saturated carbocycles. The molecule has 2 aliphatic heterocycles. The highest BCUT2D eigenvalue weighted by molar-refractivity contribution is 6.51. The molecule has 0 fully saturated rings. The molecule has 0 saturated heterocycles. The monoisotopic (exact) mass is 244 g/mol. The molecule has 0 aromatic heterocycles. The van der Waals surface area contributed by atoms with Crippen LogP contribution < -0.4 is 5.32 Å². The van der Waals surface area contributed by atoms with Crippen LogP contribution in [0.15, 0.2) is 12.1 Å². The van der Waals surface area contributed by atoms with Gasteiger partial charge in [0.2, 0.25) is 5.91 Å². The summed E-state index contributed by atoms with van der Waals surface area (Å²) < 4.78 is 0. The molecule has 1 aromatic rings. The minimum Gasteiger partial charge on any atom is -0.338 e. The van der Waals surface area contributed by atoms with Crippen molar-refractivity contribution in [2.24, 2.45) is 0 Å². The number of anilines is 1. The third-order valence-electron chi connectivity index (χ3n) is 3.54. The summed E-state index contributed by atoms with van der Waals surface area (Å²) in [4.78, 5) is 36.1. The number of ketones is 1. The number of hydrogen-bond donors (Lipinski definition) is 1. The SMILES string of the molecule is CC(=O)N1CCc2ccc3c(c2C1)NC(=O)C3=O. The molecular formula is C13H12N2O3. The normalized spacial score (nSPS) is 17.3. The van der Waals surface area contributed by atoms with E-state index in [0.717, 1.165) is 17.5 Å². The van der Waals surface area contributed by atoms with Crippen molar-refractivity contribution < 1.29 is 14.4 Å². The maximum absolute atomic E-state index is 11.6. The first kappa shape index (κ1) is 11.0. The highest BCUT2D eigenvalue weighted by atomic mass is 16.2. The molecule has 2 amide bonds. The highest BCUT2D eigenvalue weighted by Gasteiger charge is 2.32. The summed E-state index contributed by atoms with van der Waals surface area (Å²) in [5, 5.41) is 2.61. The summed E-state index contributed by atoms with van der Waals surface area (Å²) in [5.41, 5.74) is 3.01. The first-order valence-corrected chi connectivity index (χ1v) is 5.84. The van der Waals surface area contributed by atoms with Crippen molar-refractivity contribution in [3.8, 4) is 0 Å². The van der Waals surface area contributed by atoms with Crippen LogP contribution in [0.1, 0.15) is 28.4 Å². The van der Waals surface area contributed by atoms with E-state index >= 15 is 0 Å². The maximum Gasteiger partial charge on any atom is 0.296 e. The fourth-order valence-corrected chi connectivity index (χ4v) is 2.52. The lowest BCUT2D eigenvalue weighted by Crippen LogP contribution is -2.34. The highest BCUT2D eigenvalue weighted by Crippen LogP contribution is 2.33. The van der Waals surface area contributed by atoms with E-state index in [4.69, 9.17) is 0 Å². The van der Waals surface area contributed by atoms with Crippen LogP contribution in [0.4, 0.5) is 5.69 Å². The second-order valence-corrected chi connectivity index (χ2v) is 4.60. The Morgan fingerprint density at radius 2 is 2.11 bits per heavy atom. The summed E-state index contributed by atoms with van der Waals surface area (Å²) in [5.74, 6) is -1.07. The van der Waals surface area contributed by atoms with Crippen molar-refractivity contribution in [2.45, 2.75) is 19.9 Å². The van der Waals surface area contributed by atoms with E-state index in [1.807, 2.05) is 6.07 Å². The van der Waals surface area contributed by atoms with Gasteiger partial charge in [0.1, 0.15) is 0 Å². The van der Waals surface area contributed by atoms with Crippen LogP contribution >= 0.6 is 0 Å². The standard InChI is InChI=1S/C13H12N2O3/c1-7(16)15-5-4-8-2-3-9-11(10(8)6-15)14-13(18)12(9)17/h2-3H,4-6H2,1H3,(H,14,17,18). The molecule has 92 valence electrons. The van der Waals surface area contributed by atoms with E-state index in [1.54, 1.807) is 11.0 Å². The Morgan fingerprint density at radius 1 is 1.33 bits per heavy atom. The number of rotatable bonds is 0. The molecule has 0 atom stereocenters. The Kier molecular flexibility index (Phi) is 2.23. The van der Waals surface area contributed by atoms with Gasteiger partial charge in [-0.2, -0.15) is 0 Å². The van der Waals surface area contributed by atoms with Gasteiger partial charge in [0.25, 0.3) is 11.7 Å². The molecule has 5 heteroatoms. The zero-order valence-electron chi connectivity index (χ0n) is 9.95. The van der Waals surface area contributed by atoms with Crippen molar-refractivity contribution >= 4 is 23.3 Å². The Hall–Kier alpha value is -2.17. The predicted molar refractivity (Wildman–Crippen MR) is 64.2 cm³/mol. The van der Waals surface area contributed by atoms with Gasteiger partial charge in [-0.15, -0.1) is 0 Å². The Labute approximate surface area is 104 Å². The Balaban J connectivity index is 2.09. The van der Waals surface area contributed by atoms with Crippen LogP contribution in [0, 0.1) is 0 Å². The number of fused-ring (bicyclic) bond motifs is 3. The zero-order valence-corrected chi connectivity index (χ0v) is 9.95. The zero-order chi connectivity index (χ0) is 12.9. The van der Waals surface area contributed by atoms with Gasteiger partial charge in [-0.3, -0.25) is 14.4 Å². The molecule has 18 heavy (non-hydrogen) atoms. The molecule has 0 radical (unpaired) electrons. The number of Topliss-reactive ketones (excluding diaryl/α,β-unsaturated/α-hetero) is 1. The third kappa shape index (κ3) is 1.44. The number of benzene rings is 1. The number of amides is 2. The van der Waals surface area contributed by atoms with Gasteiger partial charge in [-0.1, -0.05) is 6.07 Å². The van der Waals surface area contributed by atoms with E-state index < -0.39 is 11.7 Å². The molecule has 1 N–H and O–H groups in total. The summed E-state index contributed by atoms with van der Waals surface area (Å²) in [6.45, 7) is 2.67. The number of nitrogens with zero attached hydrogens (tertiary/aromatic N) is 1. The minimum atomic E-state index is -0.585. The number of nitrogens with one attached hydrogen (secondary N) is 1. The van der Waals surface area contributed by atoms with E-state index in [0.29, 0.717) is 24.3 Å².